The Bertz CT molecular complexity index is 748. The number of para-hydroxylation sites is 1. The third kappa shape index (κ3) is 2.30. The molecule has 3 N–H and O–H groups in total. The van der Waals surface area contributed by atoms with Crippen molar-refractivity contribution in [1.29, 1.82) is 0 Å². The zero-order valence-electron chi connectivity index (χ0n) is 10.9. The van der Waals surface area contributed by atoms with Crippen LogP contribution in [0.5, 0.6) is 0 Å². The van der Waals surface area contributed by atoms with Gasteiger partial charge in [0.05, 0.1) is 11.4 Å². The van der Waals surface area contributed by atoms with E-state index in [9.17, 15) is 4.39 Å². The van der Waals surface area contributed by atoms with Gasteiger partial charge in [-0.2, -0.15) is 0 Å². The molecule has 20 heavy (non-hydrogen) atoms. The number of fused-ring (bicyclic) bond motifs is 1. The first-order valence-corrected chi connectivity index (χ1v) is 6.50. The van der Waals surface area contributed by atoms with E-state index in [1.54, 1.807) is 12.1 Å². The molecule has 0 aliphatic carbocycles. The van der Waals surface area contributed by atoms with Gasteiger partial charge < -0.3 is 11.1 Å². The van der Waals surface area contributed by atoms with Crippen LogP contribution in [0, 0.1) is 5.82 Å². The van der Waals surface area contributed by atoms with E-state index < -0.39 is 5.82 Å². The summed E-state index contributed by atoms with van der Waals surface area (Å²) in [4.78, 5) is 0. The van der Waals surface area contributed by atoms with Crippen LogP contribution in [0.15, 0.2) is 60.7 Å². The molecular formula is C17H15FN2. The molecule has 0 atom stereocenters. The van der Waals surface area contributed by atoms with Gasteiger partial charge in [-0.1, -0.05) is 48.5 Å². The van der Waals surface area contributed by atoms with Gasteiger partial charge in [0.2, 0.25) is 0 Å². The van der Waals surface area contributed by atoms with Crippen LogP contribution in [0.2, 0.25) is 0 Å². The molecule has 0 aromatic heterocycles. The van der Waals surface area contributed by atoms with Crippen LogP contribution in [0.25, 0.3) is 10.8 Å². The molecule has 0 saturated carbocycles. The minimum Gasteiger partial charge on any atom is -0.395 e. The predicted octanol–water partition coefficient (Wildman–Crippen LogP) is 4.17. The number of benzene rings is 3. The number of hydrogen-bond acceptors (Lipinski definition) is 2. The van der Waals surface area contributed by atoms with Gasteiger partial charge in [-0.3, -0.25) is 0 Å². The topological polar surface area (TPSA) is 38.0 Å². The van der Waals surface area contributed by atoms with E-state index in [1.807, 2.05) is 18.2 Å². The number of halogens is 1. The Kier molecular flexibility index (Phi) is 3.25. The summed E-state index contributed by atoms with van der Waals surface area (Å²) in [6.07, 6.45) is 0. The van der Waals surface area contributed by atoms with Crippen LogP contribution in [0.1, 0.15) is 5.56 Å². The van der Waals surface area contributed by atoms with Crippen molar-refractivity contribution in [2.45, 2.75) is 6.54 Å². The van der Waals surface area contributed by atoms with Crippen molar-refractivity contribution < 1.29 is 4.39 Å². The van der Waals surface area contributed by atoms with Crippen molar-refractivity contribution in [3.8, 4) is 0 Å². The minimum absolute atomic E-state index is 0.160. The summed E-state index contributed by atoms with van der Waals surface area (Å²) in [7, 11) is 0. The zero-order chi connectivity index (χ0) is 13.9. The van der Waals surface area contributed by atoms with Gasteiger partial charge in [-0.25, -0.2) is 4.39 Å². The standard InChI is InChI=1S/C17H15FN2/c18-15-9-4-10-16(17(15)19)20-11-13-7-3-6-12-5-1-2-8-14(12)13/h1-10,20H,11,19H2. The summed E-state index contributed by atoms with van der Waals surface area (Å²) in [5.74, 6) is -0.395. The fraction of sp³-hybridized carbons (Fsp3) is 0.0588. The highest BCUT2D eigenvalue weighted by Crippen LogP contribution is 2.24. The van der Waals surface area contributed by atoms with Crippen LogP contribution < -0.4 is 11.1 Å². The zero-order valence-corrected chi connectivity index (χ0v) is 10.9. The van der Waals surface area contributed by atoms with Crippen molar-refractivity contribution in [2.24, 2.45) is 0 Å². The van der Waals surface area contributed by atoms with Gasteiger partial charge in [0.25, 0.3) is 0 Å². The van der Waals surface area contributed by atoms with Crippen molar-refractivity contribution in [2.75, 3.05) is 11.1 Å². The van der Waals surface area contributed by atoms with E-state index in [2.05, 4.69) is 29.6 Å². The largest absolute Gasteiger partial charge is 0.395 e. The summed E-state index contributed by atoms with van der Waals surface area (Å²) in [5, 5.41) is 5.58. The lowest BCUT2D eigenvalue weighted by Gasteiger charge is -2.11. The average Bonchev–Trinajstić information content (AvgIpc) is 2.49. The molecule has 0 radical (unpaired) electrons. The van der Waals surface area contributed by atoms with Crippen LogP contribution in [0.3, 0.4) is 0 Å². The first kappa shape index (κ1) is 12.5. The summed E-state index contributed by atoms with van der Waals surface area (Å²) >= 11 is 0. The summed E-state index contributed by atoms with van der Waals surface area (Å²) in [6, 6.07) is 19.1. The second-order valence-electron chi connectivity index (χ2n) is 4.69. The molecule has 0 spiro atoms. The van der Waals surface area contributed by atoms with E-state index in [-0.39, 0.29) is 5.69 Å². The molecule has 3 aromatic rings. The Morgan fingerprint density at radius 3 is 2.55 bits per heavy atom. The number of nitrogen functional groups attached to an aromatic ring is 1. The lowest BCUT2D eigenvalue weighted by molar-refractivity contribution is 0.633. The normalized spacial score (nSPS) is 10.7. The first-order chi connectivity index (χ1) is 9.75. The maximum absolute atomic E-state index is 13.4. The van der Waals surface area contributed by atoms with Gasteiger partial charge >= 0.3 is 0 Å². The third-order valence-electron chi connectivity index (χ3n) is 3.40. The highest BCUT2D eigenvalue weighted by atomic mass is 19.1. The van der Waals surface area contributed by atoms with Crippen LogP contribution >= 0.6 is 0 Å². The van der Waals surface area contributed by atoms with Crippen LogP contribution in [-0.4, -0.2) is 0 Å². The molecule has 2 nitrogen and oxygen atoms in total. The minimum atomic E-state index is -0.395. The van der Waals surface area contributed by atoms with Crippen LogP contribution in [0.4, 0.5) is 15.8 Å². The van der Waals surface area contributed by atoms with Crippen molar-refractivity contribution in [1.82, 2.24) is 0 Å². The number of nitrogens with one attached hydrogen (secondary N) is 1. The highest BCUT2D eigenvalue weighted by Gasteiger charge is 2.05. The molecule has 0 bridgehead atoms. The van der Waals surface area contributed by atoms with Gasteiger partial charge in [-0.15, -0.1) is 0 Å². The molecular weight excluding hydrogens is 251 g/mol. The first-order valence-electron chi connectivity index (χ1n) is 6.50. The van der Waals surface area contributed by atoms with E-state index >= 15 is 0 Å². The van der Waals surface area contributed by atoms with Gasteiger partial charge in [0, 0.05) is 6.54 Å². The Balaban J connectivity index is 1.89. The second kappa shape index (κ2) is 5.21. The fourth-order valence-corrected chi connectivity index (χ4v) is 2.33. The number of hydrogen-bond donors (Lipinski definition) is 2. The van der Waals surface area contributed by atoms with Crippen molar-refractivity contribution >= 4 is 22.1 Å². The van der Waals surface area contributed by atoms with Gasteiger partial charge in [0.15, 0.2) is 0 Å². The van der Waals surface area contributed by atoms with E-state index in [4.69, 9.17) is 5.73 Å². The molecule has 3 rings (SSSR count). The summed E-state index contributed by atoms with van der Waals surface area (Å²) < 4.78 is 13.4. The smallest absolute Gasteiger partial charge is 0.148 e. The molecule has 3 heteroatoms. The molecule has 0 aliphatic heterocycles. The Morgan fingerprint density at radius 1 is 0.900 bits per heavy atom. The Labute approximate surface area is 117 Å². The molecule has 0 saturated heterocycles. The fourth-order valence-electron chi connectivity index (χ4n) is 2.33. The molecule has 0 fully saturated rings. The second-order valence-corrected chi connectivity index (χ2v) is 4.69. The SMILES string of the molecule is Nc1c(F)cccc1NCc1cccc2ccccc12. The van der Waals surface area contributed by atoms with Gasteiger partial charge in [-0.05, 0) is 28.5 Å². The number of rotatable bonds is 3. The third-order valence-corrected chi connectivity index (χ3v) is 3.40. The summed E-state index contributed by atoms with van der Waals surface area (Å²) in [5.41, 5.74) is 7.66. The average molecular weight is 266 g/mol. The lowest BCUT2D eigenvalue weighted by atomic mass is 10.0. The highest BCUT2D eigenvalue weighted by molar-refractivity contribution is 5.86. The number of nitrogens with two attached hydrogens (primary N) is 1. The van der Waals surface area contributed by atoms with Crippen molar-refractivity contribution in [3.63, 3.8) is 0 Å². The van der Waals surface area contributed by atoms with Crippen LogP contribution in [-0.2, 0) is 6.54 Å². The quantitative estimate of drug-likeness (QED) is 0.698. The van der Waals surface area contributed by atoms with E-state index in [1.165, 1.54) is 16.8 Å². The summed E-state index contributed by atoms with van der Waals surface area (Å²) in [6.45, 7) is 0.606. The molecule has 0 heterocycles. The van der Waals surface area contributed by atoms with E-state index in [0.717, 1.165) is 5.56 Å². The molecule has 100 valence electrons. The van der Waals surface area contributed by atoms with E-state index in [0.29, 0.717) is 12.2 Å². The Hall–Kier alpha value is -2.55. The number of anilines is 2. The maximum atomic E-state index is 13.4. The molecule has 0 amide bonds. The Morgan fingerprint density at radius 2 is 1.65 bits per heavy atom. The maximum Gasteiger partial charge on any atom is 0.148 e. The monoisotopic (exact) mass is 266 g/mol. The molecule has 0 unspecified atom stereocenters. The van der Waals surface area contributed by atoms with Crippen molar-refractivity contribution in [3.05, 3.63) is 72.0 Å². The predicted molar refractivity (Wildman–Crippen MR) is 82.1 cm³/mol. The lowest BCUT2D eigenvalue weighted by Crippen LogP contribution is -2.04. The molecule has 0 aliphatic rings. The van der Waals surface area contributed by atoms with Gasteiger partial charge in [0.1, 0.15) is 5.82 Å². The molecule has 3 aromatic carbocycles.